The van der Waals surface area contributed by atoms with Crippen LogP contribution in [0.5, 0.6) is 0 Å². The molecule has 1 saturated heterocycles. The van der Waals surface area contributed by atoms with Gasteiger partial charge in [0.25, 0.3) is 11.8 Å². The Morgan fingerprint density at radius 1 is 1.14 bits per heavy atom. The number of carbonyl (C=O) groups is 2. The summed E-state index contributed by atoms with van der Waals surface area (Å²) in [5.41, 5.74) is 3.23. The largest absolute Gasteiger partial charge is 0.350 e. The van der Waals surface area contributed by atoms with Crippen molar-refractivity contribution in [2.75, 3.05) is 13.1 Å². The van der Waals surface area contributed by atoms with E-state index >= 15 is 0 Å². The van der Waals surface area contributed by atoms with Gasteiger partial charge in [-0.25, -0.2) is 4.98 Å². The number of rotatable bonds is 5. The molecule has 2 aromatic carbocycles. The zero-order valence-corrected chi connectivity index (χ0v) is 21.8. The molecule has 0 spiro atoms. The van der Waals surface area contributed by atoms with Crippen LogP contribution in [0.4, 0.5) is 0 Å². The summed E-state index contributed by atoms with van der Waals surface area (Å²) in [4.78, 5) is 34.4. The van der Waals surface area contributed by atoms with Gasteiger partial charge >= 0.3 is 0 Å². The molecule has 2 heterocycles. The van der Waals surface area contributed by atoms with Crippen molar-refractivity contribution in [1.29, 1.82) is 0 Å². The highest BCUT2D eigenvalue weighted by Crippen LogP contribution is 2.46. The minimum atomic E-state index is -0.167. The lowest BCUT2D eigenvalue weighted by Crippen LogP contribution is -2.46. The molecule has 2 amide bonds. The molecule has 3 aromatic rings. The van der Waals surface area contributed by atoms with E-state index in [1.807, 2.05) is 24.0 Å². The van der Waals surface area contributed by atoms with E-state index in [4.69, 9.17) is 11.6 Å². The third kappa shape index (κ3) is 4.87. The van der Waals surface area contributed by atoms with Crippen molar-refractivity contribution in [1.82, 2.24) is 15.2 Å². The van der Waals surface area contributed by atoms with Crippen molar-refractivity contribution in [3.05, 3.63) is 75.4 Å². The summed E-state index contributed by atoms with van der Waals surface area (Å²) in [7, 11) is 0. The summed E-state index contributed by atoms with van der Waals surface area (Å²) >= 11 is 7.64. The smallest absolute Gasteiger partial charge is 0.274 e. The van der Waals surface area contributed by atoms with Gasteiger partial charge in [-0.1, -0.05) is 54.4 Å². The SMILES string of the molecule is Cc1cccc(-c2sc(C)nc2C(=O)N2CC3CC(C)CC3C2CNC(=O)c2cccc(Cl)c2)c1. The maximum Gasteiger partial charge on any atom is 0.274 e. The molecular formula is C28H30ClN3O2S. The number of carbonyl (C=O) groups excluding carboxylic acids is 2. The van der Waals surface area contributed by atoms with Crippen molar-refractivity contribution in [3.63, 3.8) is 0 Å². The van der Waals surface area contributed by atoms with Crippen LogP contribution >= 0.6 is 22.9 Å². The van der Waals surface area contributed by atoms with Gasteiger partial charge in [-0.2, -0.15) is 0 Å². The normalized spacial score (nSPS) is 23.4. The molecule has 2 fully saturated rings. The number of nitrogens with one attached hydrogen (secondary N) is 1. The molecule has 7 heteroatoms. The van der Waals surface area contributed by atoms with Crippen LogP contribution in [0, 0.1) is 31.6 Å². The number of thiazole rings is 1. The van der Waals surface area contributed by atoms with E-state index in [0.717, 1.165) is 40.4 Å². The van der Waals surface area contributed by atoms with Crippen LogP contribution in [-0.4, -0.2) is 40.8 Å². The number of aromatic nitrogens is 1. The highest BCUT2D eigenvalue weighted by Gasteiger charge is 2.48. The molecule has 1 aliphatic heterocycles. The second kappa shape index (κ2) is 9.75. The van der Waals surface area contributed by atoms with Crippen molar-refractivity contribution >= 4 is 34.8 Å². The Hall–Kier alpha value is -2.70. The van der Waals surface area contributed by atoms with Crippen LogP contribution < -0.4 is 5.32 Å². The monoisotopic (exact) mass is 507 g/mol. The number of halogens is 1. The number of likely N-dealkylation sites (tertiary alicyclic amines) is 1. The Morgan fingerprint density at radius 2 is 1.94 bits per heavy atom. The van der Waals surface area contributed by atoms with Crippen molar-refractivity contribution < 1.29 is 9.59 Å². The predicted molar refractivity (Wildman–Crippen MR) is 141 cm³/mol. The third-order valence-corrected chi connectivity index (χ3v) is 8.60. The number of hydrogen-bond acceptors (Lipinski definition) is 4. The Labute approximate surface area is 215 Å². The average Bonchev–Trinajstić information content (AvgIpc) is 3.49. The molecular weight excluding hydrogens is 478 g/mol. The third-order valence-electron chi connectivity index (χ3n) is 7.35. The van der Waals surface area contributed by atoms with Gasteiger partial charge in [-0.05, 0) is 68.2 Å². The molecule has 5 nitrogen and oxygen atoms in total. The molecule has 0 radical (unpaired) electrons. The van der Waals surface area contributed by atoms with Crippen molar-refractivity contribution in [3.8, 4) is 10.4 Å². The molecule has 1 aliphatic carbocycles. The highest BCUT2D eigenvalue weighted by atomic mass is 35.5. The number of hydrogen-bond donors (Lipinski definition) is 1. The minimum absolute atomic E-state index is 0.0325. The standard InChI is InChI=1S/C28H30ClN3O2S/c1-16-6-4-7-19(10-16)26-25(31-18(3)35-26)28(34)32-15-21-11-17(2)12-23(21)24(32)14-30-27(33)20-8-5-9-22(29)13-20/h4-10,13,17,21,23-24H,11-12,14-15H2,1-3H3,(H,30,33). The maximum atomic E-state index is 14.0. The number of fused-ring (bicyclic) bond motifs is 1. The number of aryl methyl sites for hydroxylation is 2. The van der Waals surface area contributed by atoms with Crippen LogP contribution in [0.1, 0.15) is 51.2 Å². The lowest BCUT2D eigenvalue weighted by molar-refractivity contribution is 0.0692. The molecule has 35 heavy (non-hydrogen) atoms. The zero-order valence-electron chi connectivity index (χ0n) is 20.3. The van der Waals surface area contributed by atoms with Gasteiger partial charge in [-0.3, -0.25) is 9.59 Å². The average molecular weight is 508 g/mol. The van der Waals surface area contributed by atoms with Crippen LogP contribution in [-0.2, 0) is 0 Å². The lowest BCUT2D eigenvalue weighted by Gasteiger charge is -2.28. The predicted octanol–water partition coefficient (Wildman–Crippen LogP) is 6.00. The van der Waals surface area contributed by atoms with E-state index in [-0.39, 0.29) is 17.9 Å². The molecule has 4 unspecified atom stereocenters. The number of nitrogens with zero attached hydrogens (tertiary/aromatic N) is 2. The highest BCUT2D eigenvalue weighted by molar-refractivity contribution is 7.15. The molecule has 1 aromatic heterocycles. The fourth-order valence-electron chi connectivity index (χ4n) is 5.86. The van der Waals surface area contributed by atoms with Gasteiger partial charge < -0.3 is 10.2 Å². The summed E-state index contributed by atoms with van der Waals surface area (Å²) in [5, 5.41) is 4.49. The molecule has 182 valence electrons. The van der Waals surface area contributed by atoms with Crippen molar-refractivity contribution in [2.24, 2.45) is 17.8 Å². The Morgan fingerprint density at radius 3 is 2.71 bits per heavy atom. The van der Waals surface area contributed by atoms with Gasteiger partial charge in [0.05, 0.1) is 15.9 Å². The van der Waals surface area contributed by atoms with Crippen LogP contribution in [0.25, 0.3) is 10.4 Å². The Kier molecular flexibility index (Phi) is 6.69. The molecule has 0 bridgehead atoms. The summed E-state index contributed by atoms with van der Waals surface area (Å²) in [6.07, 6.45) is 2.20. The minimum Gasteiger partial charge on any atom is -0.350 e. The first-order chi connectivity index (χ1) is 16.8. The molecule has 5 rings (SSSR count). The van der Waals surface area contributed by atoms with Gasteiger partial charge in [0.1, 0.15) is 5.69 Å². The van der Waals surface area contributed by atoms with E-state index < -0.39 is 0 Å². The van der Waals surface area contributed by atoms with Gasteiger partial charge in [-0.15, -0.1) is 11.3 Å². The zero-order chi connectivity index (χ0) is 24.7. The second-order valence-corrected chi connectivity index (χ2v) is 11.7. The first-order valence-electron chi connectivity index (χ1n) is 12.2. The van der Waals surface area contributed by atoms with E-state index in [1.165, 1.54) is 0 Å². The van der Waals surface area contributed by atoms with Gasteiger partial charge in [0.2, 0.25) is 0 Å². The van der Waals surface area contributed by atoms with E-state index in [1.54, 1.807) is 35.6 Å². The molecule has 4 atom stereocenters. The summed E-state index contributed by atoms with van der Waals surface area (Å²) < 4.78 is 0. The van der Waals surface area contributed by atoms with Gasteiger partial charge in [0, 0.05) is 23.7 Å². The first kappa shape index (κ1) is 24.0. The Bertz CT molecular complexity index is 1270. The molecule has 1 N–H and O–H groups in total. The summed E-state index contributed by atoms with van der Waals surface area (Å²) in [5.74, 6) is 1.28. The topological polar surface area (TPSA) is 62.3 Å². The van der Waals surface area contributed by atoms with Crippen molar-refractivity contribution in [2.45, 2.75) is 39.7 Å². The Balaban J connectivity index is 1.41. The lowest BCUT2D eigenvalue weighted by atomic mass is 9.93. The molecule has 1 saturated carbocycles. The molecule has 2 aliphatic rings. The number of amides is 2. The van der Waals surface area contributed by atoms with Gasteiger partial charge in [0.15, 0.2) is 0 Å². The van der Waals surface area contributed by atoms with E-state index in [0.29, 0.717) is 40.6 Å². The van der Waals surface area contributed by atoms with E-state index in [9.17, 15) is 9.59 Å². The summed E-state index contributed by atoms with van der Waals surface area (Å²) in [6, 6.07) is 15.1. The quantitative estimate of drug-likeness (QED) is 0.461. The number of benzene rings is 2. The first-order valence-corrected chi connectivity index (χ1v) is 13.4. The van der Waals surface area contributed by atoms with E-state index in [2.05, 4.69) is 36.3 Å². The van der Waals surface area contributed by atoms with Crippen LogP contribution in [0.3, 0.4) is 0 Å². The fourth-order valence-corrected chi connectivity index (χ4v) is 6.96. The van der Waals surface area contributed by atoms with Crippen LogP contribution in [0.15, 0.2) is 48.5 Å². The fraction of sp³-hybridized carbons (Fsp3) is 0.393. The van der Waals surface area contributed by atoms with Crippen LogP contribution in [0.2, 0.25) is 5.02 Å². The summed E-state index contributed by atoms with van der Waals surface area (Å²) in [6.45, 7) is 7.43. The second-order valence-electron chi connectivity index (χ2n) is 10.0. The maximum absolute atomic E-state index is 14.0.